The van der Waals surface area contributed by atoms with Gasteiger partial charge in [0.15, 0.2) is 5.82 Å². The Bertz CT molecular complexity index is 919. The van der Waals surface area contributed by atoms with E-state index in [9.17, 15) is 9.18 Å². The molecule has 0 fully saturated rings. The number of nitrogens with one attached hydrogen (secondary N) is 1. The number of rotatable bonds is 4. The van der Waals surface area contributed by atoms with Crippen molar-refractivity contribution >= 4 is 11.6 Å². The molecule has 0 aliphatic carbocycles. The van der Waals surface area contributed by atoms with Gasteiger partial charge in [-0.3, -0.25) is 4.79 Å². The van der Waals surface area contributed by atoms with Crippen molar-refractivity contribution in [1.29, 1.82) is 0 Å². The fraction of sp³-hybridized carbons (Fsp3) is 0.190. The van der Waals surface area contributed by atoms with Gasteiger partial charge in [-0.2, -0.15) is 0 Å². The fourth-order valence-corrected chi connectivity index (χ4v) is 2.58. The first-order chi connectivity index (χ1) is 12.4. The number of hydrogen-bond acceptors (Lipinski definition) is 3. The third-order valence-corrected chi connectivity index (χ3v) is 4.16. The molecule has 0 saturated heterocycles. The maximum Gasteiger partial charge on any atom is 0.259 e. The van der Waals surface area contributed by atoms with E-state index in [1.807, 2.05) is 24.3 Å². The summed E-state index contributed by atoms with van der Waals surface area (Å²) in [6, 6.07) is 13.7. The zero-order valence-electron chi connectivity index (χ0n) is 15.0. The summed E-state index contributed by atoms with van der Waals surface area (Å²) in [6.45, 7) is 6.00. The van der Waals surface area contributed by atoms with Crippen LogP contribution in [-0.2, 0) is 0 Å². The summed E-state index contributed by atoms with van der Waals surface area (Å²) in [5.41, 5.74) is 3.61. The highest BCUT2D eigenvalue weighted by molar-refractivity contribution is 6.04. The molecule has 2 aromatic carbocycles. The summed E-state index contributed by atoms with van der Waals surface area (Å²) >= 11 is 0. The molecular formula is C21H20FN3O. The summed E-state index contributed by atoms with van der Waals surface area (Å²) in [5, 5.41) is 2.86. The highest BCUT2D eigenvalue weighted by atomic mass is 19.1. The summed E-state index contributed by atoms with van der Waals surface area (Å²) < 4.78 is 13.0. The predicted octanol–water partition coefficient (Wildman–Crippen LogP) is 4.97. The van der Waals surface area contributed by atoms with Crippen molar-refractivity contribution in [1.82, 2.24) is 9.97 Å². The minimum atomic E-state index is -0.315. The molecule has 3 aromatic rings. The van der Waals surface area contributed by atoms with Crippen LogP contribution in [0.5, 0.6) is 0 Å². The van der Waals surface area contributed by atoms with E-state index in [-0.39, 0.29) is 11.7 Å². The molecule has 0 unspecified atom stereocenters. The largest absolute Gasteiger partial charge is 0.322 e. The van der Waals surface area contributed by atoms with Gasteiger partial charge in [-0.1, -0.05) is 26.0 Å². The molecule has 3 rings (SSSR count). The lowest BCUT2D eigenvalue weighted by Crippen LogP contribution is -2.15. The third kappa shape index (κ3) is 3.94. The number of aryl methyl sites for hydroxylation is 1. The van der Waals surface area contributed by atoms with E-state index in [4.69, 9.17) is 0 Å². The van der Waals surface area contributed by atoms with Crippen molar-refractivity contribution < 1.29 is 9.18 Å². The summed E-state index contributed by atoms with van der Waals surface area (Å²) in [7, 11) is 0. The lowest BCUT2D eigenvalue weighted by molar-refractivity contribution is 0.102. The number of benzene rings is 2. The van der Waals surface area contributed by atoms with Crippen molar-refractivity contribution in [3.05, 3.63) is 77.4 Å². The first kappa shape index (κ1) is 17.7. The lowest BCUT2D eigenvalue weighted by Gasteiger charge is -2.10. The Kier molecular flexibility index (Phi) is 5.07. The second-order valence-corrected chi connectivity index (χ2v) is 6.43. The first-order valence-electron chi connectivity index (χ1n) is 8.45. The SMILES string of the molecule is Cc1nc(-c2ccc(F)cc2)ncc1C(=O)Nc1ccc(C(C)C)cc1. The molecule has 1 aromatic heterocycles. The van der Waals surface area contributed by atoms with Crippen molar-refractivity contribution in [2.24, 2.45) is 0 Å². The number of anilines is 1. The van der Waals surface area contributed by atoms with Crippen LogP contribution in [0.4, 0.5) is 10.1 Å². The first-order valence-corrected chi connectivity index (χ1v) is 8.45. The number of halogens is 1. The molecule has 1 heterocycles. The Morgan fingerprint density at radius 3 is 2.27 bits per heavy atom. The number of nitrogens with zero attached hydrogens (tertiary/aromatic N) is 2. The molecular weight excluding hydrogens is 329 g/mol. The minimum absolute atomic E-state index is 0.259. The average molecular weight is 349 g/mol. The maximum atomic E-state index is 13.0. The Labute approximate surface area is 152 Å². The molecule has 0 atom stereocenters. The van der Waals surface area contributed by atoms with E-state index in [0.717, 1.165) is 5.69 Å². The molecule has 0 aliphatic heterocycles. The Hall–Kier alpha value is -3.08. The standard InChI is InChI=1S/C21H20FN3O/c1-13(2)15-6-10-18(11-7-15)25-21(26)19-12-23-20(24-14(19)3)16-4-8-17(22)9-5-16/h4-13H,1-3H3,(H,25,26). The monoisotopic (exact) mass is 349 g/mol. The van der Waals surface area contributed by atoms with Gasteiger partial charge in [0, 0.05) is 17.4 Å². The Balaban J connectivity index is 1.78. The molecule has 5 heteroatoms. The zero-order valence-corrected chi connectivity index (χ0v) is 15.0. The van der Waals surface area contributed by atoms with Crippen LogP contribution in [-0.4, -0.2) is 15.9 Å². The molecule has 1 N–H and O–H groups in total. The maximum absolute atomic E-state index is 13.0. The van der Waals surface area contributed by atoms with Crippen molar-refractivity contribution in [3.8, 4) is 11.4 Å². The summed E-state index contributed by atoms with van der Waals surface area (Å²) in [6.07, 6.45) is 1.50. The fourth-order valence-electron chi connectivity index (χ4n) is 2.58. The highest BCUT2D eigenvalue weighted by Crippen LogP contribution is 2.19. The molecule has 26 heavy (non-hydrogen) atoms. The quantitative estimate of drug-likeness (QED) is 0.724. The number of carbonyl (C=O) groups is 1. The summed E-state index contributed by atoms with van der Waals surface area (Å²) in [5.74, 6) is 0.324. The van der Waals surface area contributed by atoms with Crippen LogP contribution in [0.2, 0.25) is 0 Å². The van der Waals surface area contributed by atoms with Gasteiger partial charge in [-0.05, 0) is 54.8 Å². The molecule has 132 valence electrons. The average Bonchev–Trinajstić information content (AvgIpc) is 2.62. The van der Waals surface area contributed by atoms with Crippen LogP contribution in [0.1, 0.15) is 41.4 Å². The van der Waals surface area contributed by atoms with Crippen LogP contribution in [0, 0.1) is 12.7 Å². The molecule has 0 spiro atoms. The highest BCUT2D eigenvalue weighted by Gasteiger charge is 2.13. The van der Waals surface area contributed by atoms with Crippen molar-refractivity contribution in [2.45, 2.75) is 26.7 Å². The molecule has 0 radical (unpaired) electrons. The Morgan fingerprint density at radius 2 is 1.69 bits per heavy atom. The van der Waals surface area contributed by atoms with Gasteiger partial charge in [-0.15, -0.1) is 0 Å². The molecule has 4 nitrogen and oxygen atoms in total. The summed E-state index contributed by atoms with van der Waals surface area (Å²) in [4.78, 5) is 21.1. The van der Waals surface area contributed by atoms with Crippen LogP contribution >= 0.6 is 0 Å². The predicted molar refractivity (Wildman–Crippen MR) is 101 cm³/mol. The number of aromatic nitrogens is 2. The van der Waals surface area contributed by atoms with E-state index in [1.54, 1.807) is 19.1 Å². The van der Waals surface area contributed by atoms with Crippen molar-refractivity contribution in [3.63, 3.8) is 0 Å². The zero-order chi connectivity index (χ0) is 18.7. The van der Waals surface area contributed by atoms with Crippen LogP contribution in [0.15, 0.2) is 54.7 Å². The second-order valence-electron chi connectivity index (χ2n) is 6.43. The molecule has 0 aliphatic rings. The van der Waals surface area contributed by atoms with Gasteiger partial charge in [0.05, 0.1) is 11.3 Å². The third-order valence-electron chi connectivity index (χ3n) is 4.16. The number of amides is 1. The number of hydrogen-bond donors (Lipinski definition) is 1. The van der Waals surface area contributed by atoms with Crippen LogP contribution in [0.3, 0.4) is 0 Å². The lowest BCUT2D eigenvalue weighted by atomic mass is 10.0. The number of carbonyl (C=O) groups excluding carboxylic acids is 1. The van der Waals surface area contributed by atoms with Gasteiger partial charge in [-0.25, -0.2) is 14.4 Å². The van der Waals surface area contributed by atoms with E-state index in [2.05, 4.69) is 29.1 Å². The van der Waals surface area contributed by atoms with E-state index in [0.29, 0.717) is 28.6 Å². The van der Waals surface area contributed by atoms with Gasteiger partial charge in [0.25, 0.3) is 5.91 Å². The van der Waals surface area contributed by atoms with E-state index >= 15 is 0 Å². The van der Waals surface area contributed by atoms with Gasteiger partial charge in [0.2, 0.25) is 0 Å². The molecule has 0 bridgehead atoms. The minimum Gasteiger partial charge on any atom is -0.322 e. The van der Waals surface area contributed by atoms with Gasteiger partial charge < -0.3 is 5.32 Å². The topological polar surface area (TPSA) is 54.9 Å². The normalized spacial score (nSPS) is 10.8. The second kappa shape index (κ2) is 7.44. The van der Waals surface area contributed by atoms with Crippen molar-refractivity contribution in [2.75, 3.05) is 5.32 Å². The van der Waals surface area contributed by atoms with Gasteiger partial charge in [0.1, 0.15) is 5.82 Å². The molecule has 1 amide bonds. The van der Waals surface area contributed by atoms with E-state index in [1.165, 1.54) is 23.9 Å². The smallest absolute Gasteiger partial charge is 0.259 e. The Morgan fingerprint density at radius 1 is 1.04 bits per heavy atom. The molecule has 0 saturated carbocycles. The van der Waals surface area contributed by atoms with Gasteiger partial charge >= 0.3 is 0 Å². The van der Waals surface area contributed by atoms with Crippen LogP contribution in [0.25, 0.3) is 11.4 Å². The van der Waals surface area contributed by atoms with Crippen LogP contribution < -0.4 is 5.32 Å². The van der Waals surface area contributed by atoms with E-state index < -0.39 is 0 Å².